The molecule has 0 amide bonds. The molecular formula is C13H14FN3. The van der Waals surface area contributed by atoms with Crippen LogP contribution in [-0.2, 0) is 6.54 Å². The molecule has 3 rings (SSSR count). The molecule has 3 nitrogen and oxygen atoms in total. The summed E-state index contributed by atoms with van der Waals surface area (Å²) in [6, 6.07) is 6.63. The smallest absolute Gasteiger partial charge is 0.123 e. The third-order valence-corrected chi connectivity index (χ3v) is 3.21. The number of benzene rings is 1. The van der Waals surface area contributed by atoms with E-state index in [4.69, 9.17) is 0 Å². The Morgan fingerprint density at radius 2 is 2.06 bits per heavy atom. The van der Waals surface area contributed by atoms with Gasteiger partial charge in [0.25, 0.3) is 0 Å². The maximum absolute atomic E-state index is 12.8. The summed E-state index contributed by atoms with van der Waals surface area (Å²) >= 11 is 0. The molecule has 0 bridgehead atoms. The van der Waals surface area contributed by atoms with Crippen molar-refractivity contribution in [3.8, 4) is 0 Å². The molecule has 1 aromatic carbocycles. The standard InChI is InChI=1S/C13H14FN3/c14-12-3-1-10(2-4-12)8-17-9-16-7-13(17)11-5-15-6-11/h1-4,7,9,11,15H,5-6,8H2. The van der Waals surface area contributed by atoms with Gasteiger partial charge in [-0.05, 0) is 17.7 Å². The molecule has 4 heteroatoms. The van der Waals surface area contributed by atoms with Crippen LogP contribution in [0.15, 0.2) is 36.8 Å². The van der Waals surface area contributed by atoms with Gasteiger partial charge in [-0.2, -0.15) is 0 Å². The van der Waals surface area contributed by atoms with E-state index in [1.807, 2.05) is 24.7 Å². The number of nitrogens with one attached hydrogen (secondary N) is 1. The third-order valence-electron chi connectivity index (χ3n) is 3.21. The Kier molecular flexibility index (Phi) is 2.65. The zero-order chi connectivity index (χ0) is 11.7. The van der Waals surface area contributed by atoms with E-state index in [1.165, 1.54) is 17.8 Å². The molecule has 88 valence electrons. The lowest BCUT2D eigenvalue weighted by Crippen LogP contribution is -2.40. The van der Waals surface area contributed by atoms with E-state index in [0.717, 1.165) is 25.2 Å². The van der Waals surface area contributed by atoms with Crippen molar-refractivity contribution in [2.45, 2.75) is 12.5 Å². The number of hydrogen-bond acceptors (Lipinski definition) is 2. The van der Waals surface area contributed by atoms with E-state index in [1.54, 1.807) is 0 Å². The maximum Gasteiger partial charge on any atom is 0.123 e. The second kappa shape index (κ2) is 4.30. The molecular weight excluding hydrogens is 217 g/mol. The van der Waals surface area contributed by atoms with Gasteiger partial charge in [0, 0.05) is 37.4 Å². The van der Waals surface area contributed by atoms with Gasteiger partial charge in [-0.1, -0.05) is 12.1 Å². The van der Waals surface area contributed by atoms with Crippen LogP contribution < -0.4 is 5.32 Å². The SMILES string of the molecule is Fc1ccc(Cn2cncc2C2CNC2)cc1. The summed E-state index contributed by atoms with van der Waals surface area (Å²) in [5.41, 5.74) is 2.35. The van der Waals surface area contributed by atoms with Crippen LogP contribution in [0.2, 0.25) is 0 Å². The fraction of sp³-hybridized carbons (Fsp3) is 0.308. The van der Waals surface area contributed by atoms with Gasteiger partial charge in [-0.3, -0.25) is 0 Å². The van der Waals surface area contributed by atoms with Crippen molar-refractivity contribution in [3.05, 3.63) is 53.9 Å². The van der Waals surface area contributed by atoms with E-state index in [2.05, 4.69) is 14.9 Å². The first kappa shape index (κ1) is 10.5. The number of aromatic nitrogens is 2. The molecule has 0 saturated carbocycles. The molecule has 1 aliphatic heterocycles. The van der Waals surface area contributed by atoms with Crippen molar-refractivity contribution in [1.82, 2.24) is 14.9 Å². The molecule has 1 aliphatic rings. The second-order valence-corrected chi connectivity index (χ2v) is 4.43. The molecule has 2 aromatic rings. The Hall–Kier alpha value is -1.68. The van der Waals surface area contributed by atoms with Crippen LogP contribution in [0.25, 0.3) is 0 Å². The molecule has 1 aromatic heterocycles. The lowest BCUT2D eigenvalue weighted by atomic mass is 10.00. The zero-order valence-electron chi connectivity index (χ0n) is 9.44. The molecule has 1 fully saturated rings. The van der Waals surface area contributed by atoms with Crippen molar-refractivity contribution in [1.29, 1.82) is 0 Å². The lowest BCUT2D eigenvalue weighted by Gasteiger charge is -2.27. The largest absolute Gasteiger partial charge is 0.330 e. The molecule has 0 atom stereocenters. The van der Waals surface area contributed by atoms with Crippen molar-refractivity contribution < 1.29 is 4.39 Å². The number of rotatable bonds is 3. The highest BCUT2D eigenvalue weighted by Crippen LogP contribution is 2.20. The Morgan fingerprint density at radius 1 is 1.29 bits per heavy atom. The monoisotopic (exact) mass is 231 g/mol. The van der Waals surface area contributed by atoms with Gasteiger partial charge >= 0.3 is 0 Å². The summed E-state index contributed by atoms with van der Waals surface area (Å²) in [6.45, 7) is 2.80. The minimum atomic E-state index is -0.192. The van der Waals surface area contributed by atoms with Crippen LogP contribution in [0.3, 0.4) is 0 Å². The van der Waals surface area contributed by atoms with E-state index in [0.29, 0.717) is 5.92 Å². The Balaban J connectivity index is 1.80. The zero-order valence-corrected chi connectivity index (χ0v) is 9.44. The van der Waals surface area contributed by atoms with Gasteiger partial charge in [0.15, 0.2) is 0 Å². The summed E-state index contributed by atoms with van der Waals surface area (Å²) < 4.78 is 14.9. The number of imidazole rings is 1. The van der Waals surface area contributed by atoms with Crippen LogP contribution in [-0.4, -0.2) is 22.6 Å². The Morgan fingerprint density at radius 3 is 2.71 bits per heavy atom. The summed E-state index contributed by atoms with van der Waals surface area (Å²) in [6.07, 6.45) is 3.77. The highest BCUT2D eigenvalue weighted by molar-refractivity contribution is 5.19. The van der Waals surface area contributed by atoms with E-state index < -0.39 is 0 Å². The lowest BCUT2D eigenvalue weighted by molar-refractivity contribution is 0.427. The highest BCUT2D eigenvalue weighted by Gasteiger charge is 2.22. The van der Waals surface area contributed by atoms with Crippen LogP contribution in [0.4, 0.5) is 4.39 Å². The summed E-state index contributed by atoms with van der Waals surface area (Å²) in [7, 11) is 0. The van der Waals surface area contributed by atoms with Crippen LogP contribution in [0.1, 0.15) is 17.2 Å². The van der Waals surface area contributed by atoms with Gasteiger partial charge in [0.05, 0.1) is 6.33 Å². The average molecular weight is 231 g/mol. The normalized spacial score (nSPS) is 15.8. The molecule has 2 heterocycles. The Bertz CT molecular complexity index is 500. The van der Waals surface area contributed by atoms with Gasteiger partial charge in [-0.25, -0.2) is 9.37 Å². The van der Waals surface area contributed by atoms with Crippen molar-refractivity contribution in [2.24, 2.45) is 0 Å². The van der Waals surface area contributed by atoms with Crippen molar-refractivity contribution in [2.75, 3.05) is 13.1 Å². The van der Waals surface area contributed by atoms with Crippen LogP contribution in [0, 0.1) is 5.82 Å². The minimum Gasteiger partial charge on any atom is -0.330 e. The van der Waals surface area contributed by atoms with Gasteiger partial charge < -0.3 is 9.88 Å². The number of halogens is 1. The molecule has 0 unspecified atom stereocenters. The van der Waals surface area contributed by atoms with E-state index in [9.17, 15) is 4.39 Å². The second-order valence-electron chi connectivity index (χ2n) is 4.43. The third kappa shape index (κ3) is 2.08. The van der Waals surface area contributed by atoms with Crippen molar-refractivity contribution in [3.63, 3.8) is 0 Å². The predicted octanol–water partition coefficient (Wildman–Crippen LogP) is 1.76. The van der Waals surface area contributed by atoms with Gasteiger partial charge in [0.2, 0.25) is 0 Å². The Labute approximate surface area is 99.3 Å². The van der Waals surface area contributed by atoms with Crippen LogP contribution >= 0.6 is 0 Å². The van der Waals surface area contributed by atoms with Gasteiger partial charge in [0.1, 0.15) is 5.82 Å². The molecule has 1 N–H and O–H groups in total. The van der Waals surface area contributed by atoms with E-state index in [-0.39, 0.29) is 5.82 Å². The fourth-order valence-corrected chi connectivity index (χ4v) is 2.09. The molecule has 0 radical (unpaired) electrons. The first-order chi connectivity index (χ1) is 8.33. The van der Waals surface area contributed by atoms with Gasteiger partial charge in [-0.15, -0.1) is 0 Å². The van der Waals surface area contributed by atoms with Crippen LogP contribution in [0.5, 0.6) is 0 Å². The molecule has 17 heavy (non-hydrogen) atoms. The van der Waals surface area contributed by atoms with E-state index >= 15 is 0 Å². The predicted molar refractivity (Wildman–Crippen MR) is 63.3 cm³/mol. The first-order valence-electron chi connectivity index (χ1n) is 5.78. The van der Waals surface area contributed by atoms with Crippen molar-refractivity contribution >= 4 is 0 Å². The summed E-state index contributed by atoms with van der Waals surface area (Å²) in [5.74, 6) is 0.376. The topological polar surface area (TPSA) is 29.9 Å². The number of nitrogens with zero attached hydrogens (tertiary/aromatic N) is 2. The minimum absolute atomic E-state index is 0.192. The highest BCUT2D eigenvalue weighted by atomic mass is 19.1. The quantitative estimate of drug-likeness (QED) is 0.872. The average Bonchev–Trinajstić information content (AvgIpc) is 2.68. The molecule has 0 aliphatic carbocycles. The summed E-state index contributed by atoms with van der Waals surface area (Å²) in [5, 5.41) is 3.26. The maximum atomic E-state index is 12.8. The first-order valence-corrected chi connectivity index (χ1v) is 5.78. The number of hydrogen-bond donors (Lipinski definition) is 1. The fourth-order valence-electron chi connectivity index (χ4n) is 2.09. The molecule has 0 spiro atoms. The summed E-state index contributed by atoms with van der Waals surface area (Å²) in [4.78, 5) is 4.20. The molecule has 1 saturated heterocycles.